The summed E-state index contributed by atoms with van der Waals surface area (Å²) in [7, 11) is 0. The molecular formula is C12H8BrN3. The van der Waals surface area contributed by atoms with Crippen molar-refractivity contribution in [3.8, 4) is 11.4 Å². The monoisotopic (exact) mass is 273 g/mol. The van der Waals surface area contributed by atoms with Crippen LogP contribution in [0.3, 0.4) is 0 Å². The topological polar surface area (TPSA) is 41.6 Å². The molecule has 4 heteroatoms. The number of hydrogen-bond donors (Lipinski definition) is 1. The quantitative estimate of drug-likeness (QED) is 0.739. The lowest BCUT2D eigenvalue weighted by Crippen LogP contribution is -1.79. The Bertz CT molecular complexity index is 631. The van der Waals surface area contributed by atoms with Crippen molar-refractivity contribution in [1.29, 1.82) is 0 Å². The zero-order valence-electron chi connectivity index (χ0n) is 8.31. The van der Waals surface area contributed by atoms with Crippen LogP contribution in [0.25, 0.3) is 22.4 Å². The number of aromatic amines is 1. The lowest BCUT2D eigenvalue weighted by atomic mass is 10.3. The van der Waals surface area contributed by atoms with Gasteiger partial charge < -0.3 is 4.98 Å². The van der Waals surface area contributed by atoms with Crippen LogP contribution in [0.5, 0.6) is 0 Å². The second-order valence-electron chi connectivity index (χ2n) is 3.48. The van der Waals surface area contributed by atoms with Gasteiger partial charge in [0, 0.05) is 22.4 Å². The molecule has 0 fully saturated rings. The molecule has 0 radical (unpaired) electrons. The van der Waals surface area contributed by atoms with Crippen LogP contribution in [0.2, 0.25) is 0 Å². The zero-order chi connectivity index (χ0) is 11.0. The van der Waals surface area contributed by atoms with Gasteiger partial charge in [0.15, 0.2) is 0 Å². The molecule has 0 spiro atoms. The van der Waals surface area contributed by atoms with Crippen molar-refractivity contribution in [1.82, 2.24) is 15.0 Å². The Morgan fingerprint density at radius 1 is 1.06 bits per heavy atom. The van der Waals surface area contributed by atoms with Gasteiger partial charge in [0.2, 0.25) is 0 Å². The molecule has 2 heterocycles. The van der Waals surface area contributed by atoms with Gasteiger partial charge in [-0.25, -0.2) is 4.98 Å². The molecule has 3 aromatic rings. The van der Waals surface area contributed by atoms with Gasteiger partial charge in [-0.3, -0.25) is 4.98 Å². The number of nitrogens with one attached hydrogen (secondary N) is 1. The van der Waals surface area contributed by atoms with E-state index in [1.807, 2.05) is 30.3 Å². The van der Waals surface area contributed by atoms with Gasteiger partial charge in [-0.15, -0.1) is 0 Å². The van der Waals surface area contributed by atoms with Gasteiger partial charge in [0.05, 0.1) is 11.0 Å². The first-order valence-electron chi connectivity index (χ1n) is 4.88. The van der Waals surface area contributed by atoms with Gasteiger partial charge in [-0.1, -0.05) is 15.9 Å². The summed E-state index contributed by atoms with van der Waals surface area (Å²) in [6.45, 7) is 0. The smallest absolute Gasteiger partial charge is 0.138 e. The molecule has 3 rings (SSSR count). The van der Waals surface area contributed by atoms with E-state index in [4.69, 9.17) is 0 Å². The van der Waals surface area contributed by atoms with Crippen LogP contribution >= 0.6 is 15.9 Å². The number of H-pyrrole nitrogens is 1. The second kappa shape index (κ2) is 3.72. The van der Waals surface area contributed by atoms with E-state index in [0.29, 0.717) is 0 Å². The normalized spacial score (nSPS) is 10.8. The SMILES string of the molecule is Brc1ccc2nc(-c3ccncc3)[nH]c2c1. The first-order valence-corrected chi connectivity index (χ1v) is 5.68. The molecule has 16 heavy (non-hydrogen) atoms. The van der Waals surface area contributed by atoms with Gasteiger partial charge in [0.25, 0.3) is 0 Å². The number of pyridine rings is 1. The number of imidazole rings is 1. The molecule has 0 bridgehead atoms. The molecule has 0 amide bonds. The summed E-state index contributed by atoms with van der Waals surface area (Å²) >= 11 is 3.44. The fraction of sp³-hybridized carbons (Fsp3) is 0. The number of halogens is 1. The predicted octanol–water partition coefficient (Wildman–Crippen LogP) is 3.39. The summed E-state index contributed by atoms with van der Waals surface area (Å²) in [5, 5.41) is 0. The van der Waals surface area contributed by atoms with E-state index < -0.39 is 0 Å². The third kappa shape index (κ3) is 1.61. The van der Waals surface area contributed by atoms with E-state index in [1.54, 1.807) is 12.4 Å². The molecule has 0 saturated carbocycles. The zero-order valence-corrected chi connectivity index (χ0v) is 9.90. The van der Waals surface area contributed by atoms with Crippen LogP contribution in [0.15, 0.2) is 47.2 Å². The van der Waals surface area contributed by atoms with E-state index in [9.17, 15) is 0 Å². The van der Waals surface area contributed by atoms with Crippen molar-refractivity contribution in [3.63, 3.8) is 0 Å². The summed E-state index contributed by atoms with van der Waals surface area (Å²) in [6, 6.07) is 9.87. The number of benzene rings is 1. The lowest BCUT2D eigenvalue weighted by molar-refractivity contribution is 1.28. The highest BCUT2D eigenvalue weighted by Crippen LogP contribution is 2.22. The van der Waals surface area contributed by atoms with Gasteiger partial charge in [-0.2, -0.15) is 0 Å². The third-order valence-electron chi connectivity index (χ3n) is 2.40. The van der Waals surface area contributed by atoms with E-state index in [1.165, 1.54) is 0 Å². The molecule has 2 aromatic heterocycles. The number of rotatable bonds is 1. The molecule has 0 atom stereocenters. The number of hydrogen-bond acceptors (Lipinski definition) is 2. The minimum Gasteiger partial charge on any atom is -0.338 e. The minimum absolute atomic E-state index is 0.871. The van der Waals surface area contributed by atoms with E-state index in [2.05, 4.69) is 30.9 Å². The number of aromatic nitrogens is 3. The molecular weight excluding hydrogens is 266 g/mol. The summed E-state index contributed by atoms with van der Waals surface area (Å²) in [5.74, 6) is 0.871. The van der Waals surface area contributed by atoms with E-state index in [-0.39, 0.29) is 0 Å². The molecule has 0 unspecified atom stereocenters. The number of nitrogens with zero attached hydrogens (tertiary/aromatic N) is 2. The van der Waals surface area contributed by atoms with Crippen molar-refractivity contribution in [2.45, 2.75) is 0 Å². The maximum atomic E-state index is 4.52. The van der Waals surface area contributed by atoms with Crippen molar-refractivity contribution in [3.05, 3.63) is 47.2 Å². The maximum Gasteiger partial charge on any atom is 0.138 e. The average Bonchev–Trinajstić information content (AvgIpc) is 2.73. The second-order valence-corrected chi connectivity index (χ2v) is 4.40. The average molecular weight is 274 g/mol. The Morgan fingerprint density at radius 2 is 1.88 bits per heavy atom. The number of fused-ring (bicyclic) bond motifs is 1. The van der Waals surface area contributed by atoms with Crippen LogP contribution < -0.4 is 0 Å². The molecule has 78 valence electrons. The van der Waals surface area contributed by atoms with Crippen molar-refractivity contribution < 1.29 is 0 Å². The molecule has 0 aliphatic heterocycles. The highest BCUT2D eigenvalue weighted by Gasteiger charge is 2.04. The molecule has 3 nitrogen and oxygen atoms in total. The summed E-state index contributed by atoms with van der Waals surface area (Å²) < 4.78 is 1.05. The van der Waals surface area contributed by atoms with Crippen LogP contribution in [-0.4, -0.2) is 15.0 Å². The molecule has 1 aromatic carbocycles. The minimum atomic E-state index is 0.871. The lowest BCUT2D eigenvalue weighted by Gasteiger charge is -1.92. The largest absolute Gasteiger partial charge is 0.338 e. The Morgan fingerprint density at radius 3 is 2.69 bits per heavy atom. The standard InChI is InChI=1S/C12H8BrN3/c13-9-1-2-10-11(7-9)16-12(15-10)8-3-5-14-6-4-8/h1-7H,(H,15,16). The van der Waals surface area contributed by atoms with Crippen LogP contribution in [0.1, 0.15) is 0 Å². The summed E-state index contributed by atoms with van der Waals surface area (Å²) in [5.41, 5.74) is 3.04. The highest BCUT2D eigenvalue weighted by molar-refractivity contribution is 9.10. The Hall–Kier alpha value is -1.68. The van der Waals surface area contributed by atoms with Gasteiger partial charge in [-0.05, 0) is 30.3 Å². The molecule has 0 aliphatic rings. The highest BCUT2D eigenvalue weighted by atomic mass is 79.9. The van der Waals surface area contributed by atoms with Gasteiger partial charge >= 0.3 is 0 Å². The predicted molar refractivity (Wildman–Crippen MR) is 67.0 cm³/mol. The van der Waals surface area contributed by atoms with Crippen molar-refractivity contribution >= 4 is 27.0 Å². The van der Waals surface area contributed by atoms with Crippen molar-refractivity contribution in [2.24, 2.45) is 0 Å². The van der Waals surface area contributed by atoms with Gasteiger partial charge in [0.1, 0.15) is 5.82 Å². The molecule has 0 aliphatic carbocycles. The maximum absolute atomic E-state index is 4.52. The summed E-state index contributed by atoms with van der Waals surface area (Å²) in [6.07, 6.45) is 3.52. The summed E-state index contributed by atoms with van der Waals surface area (Å²) in [4.78, 5) is 11.8. The van der Waals surface area contributed by atoms with Crippen LogP contribution in [-0.2, 0) is 0 Å². The Kier molecular flexibility index (Phi) is 2.22. The first-order chi connectivity index (χ1) is 7.83. The fourth-order valence-corrected chi connectivity index (χ4v) is 1.99. The van der Waals surface area contributed by atoms with Crippen LogP contribution in [0.4, 0.5) is 0 Å². The van der Waals surface area contributed by atoms with Crippen molar-refractivity contribution in [2.75, 3.05) is 0 Å². The van der Waals surface area contributed by atoms with E-state index >= 15 is 0 Å². The van der Waals surface area contributed by atoms with E-state index in [0.717, 1.165) is 26.9 Å². The third-order valence-corrected chi connectivity index (χ3v) is 2.89. The fourth-order valence-electron chi connectivity index (χ4n) is 1.63. The molecule has 1 N–H and O–H groups in total. The first kappa shape index (κ1) is 9.54. The Labute approximate surface area is 101 Å². The molecule has 0 saturated heterocycles. The van der Waals surface area contributed by atoms with Crippen LogP contribution in [0, 0.1) is 0 Å². The Balaban J connectivity index is 2.19.